The normalized spacial score (nSPS) is 17.8. The number of nitrogens with one attached hydrogen (secondary N) is 1. The lowest BCUT2D eigenvalue weighted by molar-refractivity contribution is -0.137. The predicted molar refractivity (Wildman–Crippen MR) is 87.7 cm³/mol. The molecule has 140 valence electrons. The monoisotopic (exact) mass is 378 g/mol. The Kier molecular flexibility index (Phi) is 5.48. The Hall–Kier alpha value is -1.61. The molecule has 1 unspecified atom stereocenters. The predicted octanol–water partition coefficient (Wildman–Crippen LogP) is 1.62. The van der Waals surface area contributed by atoms with E-state index >= 15 is 0 Å². The highest BCUT2D eigenvalue weighted by molar-refractivity contribution is 7.90. The van der Waals surface area contributed by atoms with Gasteiger partial charge in [-0.15, -0.1) is 0 Å². The maximum absolute atomic E-state index is 12.8. The van der Waals surface area contributed by atoms with Crippen LogP contribution in [0.2, 0.25) is 0 Å². The number of benzene rings is 1. The Morgan fingerprint density at radius 2 is 2.00 bits per heavy atom. The van der Waals surface area contributed by atoms with Crippen molar-refractivity contribution in [2.24, 2.45) is 5.73 Å². The molecule has 0 radical (unpaired) electrons. The van der Waals surface area contributed by atoms with Gasteiger partial charge in [0.25, 0.3) is 0 Å². The molecule has 1 atom stereocenters. The zero-order valence-corrected chi connectivity index (χ0v) is 14.6. The van der Waals surface area contributed by atoms with E-state index in [2.05, 4.69) is 5.32 Å². The molecule has 3 N–H and O–H groups in total. The second-order valence-corrected chi connectivity index (χ2v) is 8.86. The van der Waals surface area contributed by atoms with Crippen LogP contribution in [0.25, 0.3) is 0 Å². The summed E-state index contributed by atoms with van der Waals surface area (Å²) in [6.07, 6.45) is -2.00. The van der Waals surface area contributed by atoms with Crippen LogP contribution in [0.5, 0.6) is 0 Å². The van der Waals surface area contributed by atoms with Gasteiger partial charge < -0.3 is 11.1 Å². The molecular formula is C16H21F3N2O3S. The van der Waals surface area contributed by atoms with Crippen molar-refractivity contribution in [2.45, 2.75) is 36.9 Å². The average Bonchev–Trinajstić information content (AvgIpc) is 3.30. The fourth-order valence-electron chi connectivity index (χ4n) is 2.60. The van der Waals surface area contributed by atoms with Gasteiger partial charge >= 0.3 is 6.18 Å². The molecule has 2 rings (SSSR count). The van der Waals surface area contributed by atoms with E-state index in [1.807, 2.05) is 0 Å². The van der Waals surface area contributed by atoms with Gasteiger partial charge in [0.15, 0.2) is 0 Å². The van der Waals surface area contributed by atoms with Gasteiger partial charge in [-0.3, -0.25) is 4.79 Å². The minimum Gasteiger partial charge on any atom is -0.354 e. The molecule has 5 nitrogen and oxygen atoms in total. The number of carbonyl (C=O) groups excluding carboxylic acids is 1. The molecule has 0 heterocycles. The van der Waals surface area contributed by atoms with Crippen LogP contribution in [-0.2, 0) is 26.2 Å². The van der Waals surface area contributed by atoms with E-state index in [0.29, 0.717) is 18.4 Å². The fraction of sp³-hybridized carbons (Fsp3) is 0.562. The number of sulfone groups is 1. The smallest absolute Gasteiger partial charge is 0.354 e. The molecule has 1 aromatic rings. The third kappa shape index (κ3) is 5.43. The van der Waals surface area contributed by atoms with Crippen molar-refractivity contribution >= 4 is 15.7 Å². The molecule has 1 saturated carbocycles. The zero-order chi connectivity index (χ0) is 18.9. The fourth-order valence-corrected chi connectivity index (χ4v) is 3.29. The van der Waals surface area contributed by atoms with Crippen molar-refractivity contribution in [3.05, 3.63) is 35.4 Å². The molecule has 1 aliphatic carbocycles. The van der Waals surface area contributed by atoms with Crippen LogP contribution in [0, 0.1) is 0 Å². The molecule has 1 amide bonds. The largest absolute Gasteiger partial charge is 0.416 e. The first-order chi connectivity index (χ1) is 11.4. The zero-order valence-electron chi connectivity index (χ0n) is 13.8. The van der Waals surface area contributed by atoms with E-state index in [4.69, 9.17) is 5.73 Å². The third-order valence-electron chi connectivity index (χ3n) is 4.39. The lowest BCUT2D eigenvalue weighted by Crippen LogP contribution is -2.44. The summed E-state index contributed by atoms with van der Waals surface area (Å²) in [6, 6.07) is 4.14. The summed E-state index contributed by atoms with van der Waals surface area (Å²) in [4.78, 5) is 12.0. The highest BCUT2D eigenvalue weighted by Crippen LogP contribution is 2.48. The van der Waals surface area contributed by atoms with E-state index in [0.717, 1.165) is 18.4 Å². The van der Waals surface area contributed by atoms with Crippen molar-refractivity contribution < 1.29 is 26.4 Å². The van der Waals surface area contributed by atoms with Crippen LogP contribution >= 0.6 is 0 Å². The number of carbonyl (C=O) groups is 1. The lowest BCUT2D eigenvalue weighted by atomic mass is 9.94. The number of rotatable bonds is 7. The van der Waals surface area contributed by atoms with Crippen molar-refractivity contribution in [3.63, 3.8) is 0 Å². The first-order valence-electron chi connectivity index (χ1n) is 7.82. The van der Waals surface area contributed by atoms with Crippen LogP contribution in [0.15, 0.2) is 24.3 Å². The quantitative estimate of drug-likeness (QED) is 0.755. The highest BCUT2D eigenvalue weighted by Gasteiger charge is 2.45. The number of hydrogen-bond donors (Lipinski definition) is 2. The van der Waals surface area contributed by atoms with Crippen molar-refractivity contribution in [1.29, 1.82) is 0 Å². The highest BCUT2D eigenvalue weighted by atomic mass is 32.2. The number of nitrogens with two attached hydrogens (primary N) is 1. The molecule has 0 bridgehead atoms. The Morgan fingerprint density at radius 1 is 1.36 bits per heavy atom. The molecule has 25 heavy (non-hydrogen) atoms. The molecule has 9 heteroatoms. The van der Waals surface area contributed by atoms with Gasteiger partial charge in [-0.05, 0) is 30.9 Å². The molecular weight excluding hydrogens is 357 g/mol. The standard InChI is InChI=1S/C16H21F3N2O3S/c1-25(23,24)8-5-13(20)14(22)21-10-15(6-7-15)11-3-2-4-12(9-11)16(17,18)19/h2-4,9,13H,5-8,10,20H2,1H3,(H,21,22). The van der Waals surface area contributed by atoms with Crippen molar-refractivity contribution in [1.82, 2.24) is 5.32 Å². The van der Waals surface area contributed by atoms with Crippen LogP contribution in [0.1, 0.15) is 30.4 Å². The number of hydrogen-bond acceptors (Lipinski definition) is 4. The number of halogens is 3. The average molecular weight is 378 g/mol. The summed E-state index contributed by atoms with van der Waals surface area (Å²) in [6.45, 7) is 0.180. The first kappa shape index (κ1) is 19.7. The lowest BCUT2D eigenvalue weighted by Gasteiger charge is -2.20. The summed E-state index contributed by atoms with van der Waals surface area (Å²) < 4.78 is 60.7. The molecule has 0 spiro atoms. The van der Waals surface area contributed by atoms with E-state index in [1.165, 1.54) is 6.07 Å². The summed E-state index contributed by atoms with van der Waals surface area (Å²) >= 11 is 0. The summed E-state index contributed by atoms with van der Waals surface area (Å²) in [5.41, 5.74) is 4.98. The van der Waals surface area contributed by atoms with Crippen LogP contribution in [0.4, 0.5) is 13.2 Å². The number of amides is 1. The minimum absolute atomic E-state index is 0.00122. The third-order valence-corrected chi connectivity index (χ3v) is 5.37. The van der Waals surface area contributed by atoms with E-state index in [1.54, 1.807) is 6.07 Å². The maximum Gasteiger partial charge on any atom is 0.416 e. The topological polar surface area (TPSA) is 89.3 Å². The Morgan fingerprint density at radius 3 is 2.52 bits per heavy atom. The van der Waals surface area contributed by atoms with Crippen LogP contribution in [-0.4, -0.2) is 38.9 Å². The van der Waals surface area contributed by atoms with Gasteiger partial charge in [0.05, 0.1) is 17.4 Å². The maximum atomic E-state index is 12.8. The van der Waals surface area contributed by atoms with E-state index in [9.17, 15) is 26.4 Å². The van der Waals surface area contributed by atoms with Gasteiger partial charge in [0, 0.05) is 18.2 Å². The Bertz CT molecular complexity index is 743. The first-order valence-corrected chi connectivity index (χ1v) is 9.88. The molecule has 0 aromatic heterocycles. The van der Waals surface area contributed by atoms with Crippen LogP contribution < -0.4 is 11.1 Å². The molecule has 1 aromatic carbocycles. The Labute approximate surface area is 144 Å². The Balaban J connectivity index is 1.97. The van der Waals surface area contributed by atoms with Crippen molar-refractivity contribution in [2.75, 3.05) is 18.6 Å². The molecule has 0 aliphatic heterocycles. The molecule has 1 fully saturated rings. The summed E-state index contributed by atoms with van der Waals surface area (Å²) in [7, 11) is -3.21. The SMILES string of the molecule is CS(=O)(=O)CCC(N)C(=O)NCC1(c2cccc(C(F)(F)F)c2)CC1. The van der Waals surface area contributed by atoms with Gasteiger partial charge in [-0.25, -0.2) is 8.42 Å². The number of alkyl halides is 3. The van der Waals surface area contributed by atoms with E-state index in [-0.39, 0.29) is 18.7 Å². The van der Waals surface area contributed by atoms with Gasteiger partial charge in [0.2, 0.25) is 5.91 Å². The van der Waals surface area contributed by atoms with Gasteiger partial charge in [0.1, 0.15) is 9.84 Å². The minimum atomic E-state index is -4.41. The van der Waals surface area contributed by atoms with Gasteiger partial charge in [-0.1, -0.05) is 18.2 Å². The molecule has 0 saturated heterocycles. The second-order valence-electron chi connectivity index (χ2n) is 6.60. The van der Waals surface area contributed by atoms with Crippen molar-refractivity contribution in [3.8, 4) is 0 Å². The van der Waals surface area contributed by atoms with Crippen LogP contribution in [0.3, 0.4) is 0 Å². The molecule has 1 aliphatic rings. The second kappa shape index (κ2) is 6.95. The van der Waals surface area contributed by atoms with E-state index < -0.39 is 38.9 Å². The summed E-state index contributed by atoms with van der Waals surface area (Å²) in [5, 5.41) is 2.64. The summed E-state index contributed by atoms with van der Waals surface area (Å²) in [5.74, 6) is -0.692. The van der Waals surface area contributed by atoms with Gasteiger partial charge in [-0.2, -0.15) is 13.2 Å².